The van der Waals surface area contributed by atoms with Crippen molar-refractivity contribution in [3.63, 3.8) is 0 Å². The summed E-state index contributed by atoms with van der Waals surface area (Å²) in [4.78, 5) is 3.94. The molecule has 0 spiro atoms. The average molecular weight is 230 g/mol. The van der Waals surface area contributed by atoms with Crippen LogP contribution in [0.3, 0.4) is 0 Å². The highest BCUT2D eigenvalue weighted by Gasteiger charge is 2.01. The van der Waals surface area contributed by atoms with E-state index in [1.54, 1.807) is 12.3 Å². The van der Waals surface area contributed by atoms with Crippen molar-refractivity contribution in [1.82, 2.24) is 4.98 Å². The highest BCUT2D eigenvalue weighted by Crippen LogP contribution is 2.11. The van der Waals surface area contributed by atoms with E-state index in [2.05, 4.69) is 29.4 Å². The molecular weight excluding hydrogens is 215 g/mol. The van der Waals surface area contributed by atoms with E-state index in [0.29, 0.717) is 12.4 Å². The van der Waals surface area contributed by atoms with E-state index < -0.39 is 0 Å². The van der Waals surface area contributed by atoms with Gasteiger partial charge in [0.1, 0.15) is 0 Å². The number of aryl methyl sites for hydroxylation is 1. The zero-order valence-electron chi connectivity index (χ0n) is 9.78. The van der Waals surface area contributed by atoms with Gasteiger partial charge in [-0.05, 0) is 29.7 Å². The number of aromatic nitrogens is 1. The normalized spacial score (nSPS) is 10.2. The summed E-state index contributed by atoms with van der Waals surface area (Å²) in [6.45, 7) is 2.70. The van der Waals surface area contributed by atoms with Crippen LogP contribution in [0, 0.1) is 5.82 Å². The summed E-state index contributed by atoms with van der Waals surface area (Å²) in [5, 5.41) is 2.98. The van der Waals surface area contributed by atoms with Crippen molar-refractivity contribution in [2.75, 3.05) is 5.32 Å². The number of hydrogen-bond acceptors (Lipinski definition) is 2. The summed E-state index contributed by atoms with van der Waals surface area (Å²) in [6, 6.07) is 11.3. The molecule has 1 heterocycles. The molecular formula is C14H15FN2. The maximum Gasteiger partial charge on any atom is 0.165 e. The van der Waals surface area contributed by atoms with Gasteiger partial charge in [-0.3, -0.25) is 0 Å². The second-order valence-corrected chi connectivity index (χ2v) is 3.86. The third-order valence-electron chi connectivity index (χ3n) is 2.65. The van der Waals surface area contributed by atoms with E-state index >= 15 is 0 Å². The highest BCUT2D eigenvalue weighted by atomic mass is 19.1. The quantitative estimate of drug-likeness (QED) is 0.870. The van der Waals surface area contributed by atoms with Gasteiger partial charge < -0.3 is 5.32 Å². The molecule has 0 fully saturated rings. The van der Waals surface area contributed by atoms with Gasteiger partial charge in [-0.15, -0.1) is 0 Å². The number of rotatable bonds is 4. The molecule has 17 heavy (non-hydrogen) atoms. The Bertz CT molecular complexity index is 480. The van der Waals surface area contributed by atoms with E-state index in [-0.39, 0.29) is 5.82 Å². The molecule has 1 aromatic carbocycles. The Morgan fingerprint density at radius 2 is 1.82 bits per heavy atom. The Morgan fingerprint density at radius 3 is 2.47 bits per heavy atom. The second kappa shape index (κ2) is 5.43. The van der Waals surface area contributed by atoms with E-state index in [1.807, 2.05) is 12.1 Å². The lowest BCUT2D eigenvalue weighted by Crippen LogP contribution is -2.03. The lowest BCUT2D eigenvalue weighted by molar-refractivity contribution is 0.624. The summed E-state index contributed by atoms with van der Waals surface area (Å²) in [5.74, 6) is -0.0234. The third-order valence-corrected chi connectivity index (χ3v) is 2.65. The van der Waals surface area contributed by atoms with Crippen LogP contribution >= 0.6 is 0 Å². The average Bonchev–Trinajstić information content (AvgIpc) is 2.38. The van der Waals surface area contributed by atoms with Gasteiger partial charge in [-0.2, -0.15) is 0 Å². The van der Waals surface area contributed by atoms with Crippen LogP contribution in [-0.4, -0.2) is 4.98 Å². The number of nitrogens with one attached hydrogen (secondary N) is 1. The summed E-state index contributed by atoms with van der Waals surface area (Å²) < 4.78 is 13.3. The van der Waals surface area contributed by atoms with Gasteiger partial charge in [0.15, 0.2) is 11.6 Å². The van der Waals surface area contributed by atoms with E-state index in [0.717, 1.165) is 12.0 Å². The zero-order valence-corrected chi connectivity index (χ0v) is 9.78. The van der Waals surface area contributed by atoms with Gasteiger partial charge in [-0.1, -0.05) is 31.2 Å². The second-order valence-electron chi connectivity index (χ2n) is 3.86. The van der Waals surface area contributed by atoms with Gasteiger partial charge in [0.05, 0.1) is 0 Å². The summed E-state index contributed by atoms with van der Waals surface area (Å²) in [7, 11) is 0. The molecule has 0 amide bonds. The van der Waals surface area contributed by atoms with Gasteiger partial charge in [0.25, 0.3) is 0 Å². The molecule has 0 aliphatic heterocycles. The van der Waals surface area contributed by atoms with E-state index in [4.69, 9.17) is 0 Å². The number of halogens is 1. The van der Waals surface area contributed by atoms with E-state index in [9.17, 15) is 4.39 Å². The zero-order chi connectivity index (χ0) is 12.1. The summed E-state index contributed by atoms with van der Waals surface area (Å²) in [6.07, 6.45) is 2.61. The summed E-state index contributed by atoms with van der Waals surface area (Å²) >= 11 is 0. The van der Waals surface area contributed by atoms with Crippen LogP contribution in [0.5, 0.6) is 0 Å². The van der Waals surface area contributed by atoms with Crippen molar-refractivity contribution in [3.05, 3.63) is 59.5 Å². The predicted octanol–water partition coefficient (Wildman–Crippen LogP) is 3.40. The van der Waals surface area contributed by atoms with Crippen molar-refractivity contribution < 1.29 is 4.39 Å². The van der Waals surface area contributed by atoms with Crippen LogP contribution in [0.2, 0.25) is 0 Å². The van der Waals surface area contributed by atoms with Crippen molar-refractivity contribution >= 4 is 5.82 Å². The molecule has 3 heteroatoms. The molecule has 2 aromatic rings. The lowest BCUT2D eigenvalue weighted by atomic mass is 10.1. The molecule has 0 aliphatic rings. The minimum Gasteiger partial charge on any atom is -0.364 e. The third kappa shape index (κ3) is 3.03. The van der Waals surface area contributed by atoms with Gasteiger partial charge in [-0.25, -0.2) is 9.37 Å². The topological polar surface area (TPSA) is 24.9 Å². The predicted molar refractivity (Wildman–Crippen MR) is 67.3 cm³/mol. The molecule has 0 bridgehead atoms. The smallest absolute Gasteiger partial charge is 0.165 e. The molecule has 0 unspecified atom stereocenters. The van der Waals surface area contributed by atoms with Gasteiger partial charge >= 0.3 is 0 Å². The molecule has 0 aliphatic carbocycles. The first-order valence-corrected chi connectivity index (χ1v) is 5.72. The Balaban J connectivity index is 2.00. The number of benzene rings is 1. The van der Waals surface area contributed by atoms with Crippen molar-refractivity contribution in [3.8, 4) is 0 Å². The van der Waals surface area contributed by atoms with Crippen LogP contribution in [0.25, 0.3) is 0 Å². The molecule has 2 rings (SSSR count). The molecule has 0 saturated heterocycles. The van der Waals surface area contributed by atoms with Crippen LogP contribution < -0.4 is 5.32 Å². The standard InChI is InChI=1S/C14H15FN2/c1-2-11-5-7-12(8-6-11)10-17-14-13(15)4-3-9-16-14/h3-9H,2,10H2,1H3,(H,16,17). The first-order chi connectivity index (χ1) is 8.29. The van der Waals surface area contributed by atoms with Crippen molar-refractivity contribution in [2.45, 2.75) is 19.9 Å². The lowest BCUT2D eigenvalue weighted by Gasteiger charge is -2.06. The molecule has 1 aromatic heterocycles. The van der Waals surface area contributed by atoms with Crippen LogP contribution in [-0.2, 0) is 13.0 Å². The fraction of sp³-hybridized carbons (Fsp3) is 0.214. The maximum atomic E-state index is 13.3. The largest absolute Gasteiger partial charge is 0.364 e. The maximum absolute atomic E-state index is 13.3. The summed E-state index contributed by atoms with van der Waals surface area (Å²) in [5.41, 5.74) is 2.42. The van der Waals surface area contributed by atoms with Crippen molar-refractivity contribution in [2.24, 2.45) is 0 Å². The van der Waals surface area contributed by atoms with Gasteiger partial charge in [0.2, 0.25) is 0 Å². The molecule has 0 radical (unpaired) electrons. The molecule has 88 valence electrons. The number of pyridine rings is 1. The molecule has 0 atom stereocenters. The monoisotopic (exact) mass is 230 g/mol. The number of nitrogens with zero attached hydrogens (tertiary/aromatic N) is 1. The minimum atomic E-state index is -0.322. The van der Waals surface area contributed by atoms with Crippen LogP contribution in [0.4, 0.5) is 10.2 Å². The Hall–Kier alpha value is -1.90. The molecule has 2 nitrogen and oxygen atoms in total. The first-order valence-electron chi connectivity index (χ1n) is 5.72. The first kappa shape index (κ1) is 11.6. The fourth-order valence-corrected chi connectivity index (χ4v) is 1.59. The van der Waals surface area contributed by atoms with Crippen LogP contribution in [0.15, 0.2) is 42.6 Å². The highest BCUT2D eigenvalue weighted by molar-refractivity contribution is 5.37. The van der Waals surface area contributed by atoms with Gasteiger partial charge in [0, 0.05) is 12.7 Å². The van der Waals surface area contributed by atoms with Crippen LogP contribution in [0.1, 0.15) is 18.1 Å². The number of hydrogen-bond donors (Lipinski definition) is 1. The molecule has 0 saturated carbocycles. The minimum absolute atomic E-state index is 0.298. The molecule has 1 N–H and O–H groups in total. The Morgan fingerprint density at radius 1 is 1.12 bits per heavy atom. The number of anilines is 1. The van der Waals surface area contributed by atoms with Crippen molar-refractivity contribution in [1.29, 1.82) is 0 Å². The fourth-order valence-electron chi connectivity index (χ4n) is 1.59. The SMILES string of the molecule is CCc1ccc(CNc2ncccc2F)cc1. The Labute approximate surface area is 101 Å². The van der Waals surface area contributed by atoms with E-state index in [1.165, 1.54) is 11.6 Å². The Kier molecular flexibility index (Phi) is 3.70.